The second-order valence-corrected chi connectivity index (χ2v) is 9.59. The number of hydrogen-bond acceptors (Lipinski definition) is 5. The second-order valence-electron chi connectivity index (χ2n) is 9.59. The largest absolute Gasteiger partial charge is 0.392 e. The molecule has 4 aliphatic rings. The first-order valence-corrected chi connectivity index (χ1v) is 9.55. The highest BCUT2D eigenvalue weighted by Crippen LogP contribution is 2.66. The predicted octanol–water partition coefficient (Wildman–Crippen LogP) is 1.04. The maximum atomic E-state index is 11.6. The quantitative estimate of drug-likeness (QED) is 0.530. The lowest BCUT2D eigenvalue weighted by Gasteiger charge is -2.47. The molecule has 5 heteroatoms. The summed E-state index contributed by atoms with van der Waals surface area (Å²) in [6.07, 6.45) is 2.67. The Hall–Kier alpha value is -0.750. The van der Waals surface area contributed by atoms with Crippen molar-refractivity contribution in [2.24, 2.45) is 34.5 Å². The van der Waals surface area contributed by atoms with Crippen molar-refractivity contribution in [3.63, 3.8) is 0 Å². The van der Waals surface area contributed by atoms with Crippen LogP contribution >= 0.6 is 0 Å². The van der Waals surface area contributed by atoms with E-state index in [9.17, 15) is 25.2 Å². The van der Waals surface area contributed by atoms with Crippen molar-refractivity contribution in [3.8, 4) is 0 Å². The highest BCUT2D eigenvalue weighted by atomic mass is 16.4. The van der Waals surface area contributed by atoms with Gasteiger partial charge in [0, 0.05) is 16.7 Å². The smallest absolute Gasteiger partial charge is 0.146 e. The molecule has 5 nitrogen and oxygen atoms in total. The van der Waals surface area contributed by atoms with Crippen LogP contribution < -0.4 is 0 Å². The Kier molecular flexibility index (Phi) is 3.64. The van der Waals surface area contributed by atoms with Crippen molar-refractivity contribution in [1.29, 1.82) is 0 Å². The highest BCUT2D eigenvalue weighted by molar-refractivity contribution is 5.76. The zero-order valence-corrected chi connectivity index (χ0v) is 15.2. The summed E-state index contributed by atoms with van der Waals surface area (Å²) in [4.78, 5) is 11.5. The molecule has 4 rings (SSSR count). The lowest BCUT2D eigenvalue weighted by Crippen LogP contribution is -2.57. The van der Waals surface area contributed by atoms with E-state index in [-0.39, 0.29) is 30.1 Å². The maximum absolute atomic E-state index is 11.6. The van der Waals surface area contributed by atoms with Crippen LogP contribution in [-0.4, -0.2) is 50.6 Å². The number of aliphatic hydroxyl groups is 4. The Balaban J connectivity index is 1.86. The van der Waals surface area contributed by atoms with E-state index in [4.69, 9.17) is 0 Å². The molecule has 9 atom stereocenters. The van der Waals surface area contributed by atoms with E-state index in [1.54, 1.807) is 0 Å². The second kappa shape index (κ2) is 5.16. The number of carbonyl (C=O) groups excluding carboxylic acids is 1. The van der Waals surface area contributed by atoms with E-state index in [2.05, 4.69) is 6.92 Å². The average molecular weight is 350 g/mol. The fourth-order valence-corrected chi connectivity index (χ4v) is 7.07. The van der Waals surface area contributed by atoms with Crippen molar-refractivity contribution < 1.29 is 25.2 Å². The van der Waals surface area contributed by atoms with Gasteiger partial charge in [-0.2, -0.15) is 0 Å². The van der Waals surface area contributed by atoms with E-state index in [0.717, 1.165) is 19.1 Å². The maximum Gasteiger partial charge on any atom is 0.146 e. The fraction of sp³-hybridized carbons (Fsp3) is 0.850. The first-order valence-electron chi connectivity index (χ1n) is 9.55. The zero-order valence-electron chi connectivity index (χ0n) is 15.2. The third-order valence-corrected chi connectivity index (χ3v) is 8.64. The van der Waals surface area contributed by atoms with Gasteiger partial charge in [-0.25, -0.2) is 0 Å². The summed E-state index contributed by atoms with van der Waals surface area (Å²) in [7, 11) is 0. The Morgan fingerprint density at radius 2 is 1.80 bits per heavy atom. The molecule has 0 aliphatic heterocycles. The molecule has 0 unspecified atom stereocenters. The summed E-state index contributed by atoms with van der Waals surface area (Å²) >= 11 is 0. The first-order chi connectivity index (χ1) is 11.6. The van der Waals surface area contributed by atoms with Gasteiger partial charge in [-0.1, -0.05) is 26.8 Å². The summed E-state index contributed by atoms with van der Waals surface area (Å²) in [5.74, 6) is -0.254. The molecule has 0 heterocycles. The number of aldehydes is 1. The molecular formula is C20H30O5. The van der Waals surface area contributed by atoms with Gasteiger partial charge in [0.05, 0.1) is 18.3 Å². The van der Waals surface area contributed by atoms with Crippen LogP contribution in [0.1, 0.15) is 46.5 Å². The standard InChI is InChI=1S/C20H30O5/c1-10-13-5-4-12-11(9-21)7-19(13,17(12)24)8-16(23)20(25)14(10)6-15(22)18(20,2)3/h7,9-10,12-17,22-25H,4-6,8H2,1-3H3/t10-,12-,13-,14-,15-,16+,17+,19+,20-/m0/s1. The predicted molar refractivity (Wildman–Crippen MR) is 91.4 cm³/mol. The Morgan fingerprint density at radius 1 is 1.12 bits per heavy atom. The van der Waals surface area contributed by atoms with Crippen LogP contribution in [0.15, 0.2) is 11.6 Å². The summed E-state index contributed by atoms with van der Waals surface area (Å²) in [6.45, 7) is 5.72. The van der Waals surface area contributed by atoms with Gasteiger partial charge in [-0.15, -0.1) is 0 Å². The molecule has 25 heavy (non-hydrogen) atoms. The summed E-state index contributed by atoms with van der Waals surface area (Å²) in [5, 5.41) is 44.3. The van der Waals surface area contributed by atoms with Gasteiger partial charge in [0.15, 0.2) is 0 Å². The minimum Gasteiger partial charge on any atom is -0.392 e. The minimum absolute atomic E-state index is 0.0384. The summed E-state index contributed by atoms with van der Waals surface area (Å²) < 4.78 is 0. The molecule has 0 radical (unpaired) electrons. The Bertz CT molecular complexity index is 628. The van der Waals surface area contributed by atoms with Crippen molar-refractivity contribution in [3.05, 3.63) is 11.6 Å². The van der Waals surface area contributed by atoms with Crippen LogP contribution in [0.5, 0.6) is 0 Å². The molecule has 0 aromatic heterocycles. The Morgan fingerprint density at radius 3 is 2.44 bits per heavy atom. The number of hydrogen-bond donors (Lipinski definition) is 4. The van der Waals surface area contributed by atoms with Crippen LogP contribution in [0.3, 0.4) is 0 Å². The van der Waals surface area contributed by atoms with Crippen LogP contribution in [0.4, 0.5) is 0 Å². The monoisotopic (exact) mass is 350 g/mol. The molecule has 0 amide bonds. The molecule has 4 N–H and O–H groups in total. The average Bonchev–Trinajstić information content (AvgIpc) is 2.81. The van der Waals surface area contributed by atoms with Crippen molar-refractivity contribution in [2.75, 3.05) is 0 Å². The molecule has 2 bridgehead atoms. The van der Waals surface area contributed by atoms with Crippen LogP contribution in [0, 0.1) is 34.5 Å². The molecule has 4 aliphatic carbocycles. The van der Waals surface area contributed by atoms with Gasteiger partial charge < -0.3 is 20.4 Å². The van der Waals surface area contributed by atoms with E-state index in [0.29, 0.717) is 12.0 Å². The lowest BCUT2D eigenvalue weighted by atomic mass is 9.59. The van der Waals surface area contributed by atoms with Gasteiger partial charge in [0.2, 0.25) is 0 Å². The first kappa shape index (κ1) is 17.7. The van der Waals surface area contributed by atoms with Crippen LogP contribution in [-0.2, 0) is 4.79 Å². The third-order valence-electron chi connectivity index (χ3n) is 8.64. The zero-order chi connectivity index (χ0) is 18.4. The highest BCUT2D eigenvalue weighted by Gasteiger charge is 2.70. The third kappa shape index (κ3) is 1.85. The minimum atomic E-state index is -1.40. The molecule has 3 fully saturated rings. The van der Waals surface area contributed by atoms with E-state index < -0.39 is 34.7 Å². The number of rotatable bonds is 1. The van der Waals surface area contributed by atoms with Crippen molar-refractivity contribution in [2.45, 2.75) is 70.4 Å². The summed E-state index contributed by atoms with van der Waals surface area (Å²) in [6, 6.07) is 0. The van der Waals surface area contributed by atoms with Gasteiger partial charge in [-0.3, -0.25) is 4.79 Å². The molecule has 0 saturated heterocycles. The SMILES string of the molecule is C[C@H]1[C@@H]2CC[C@H]3C(C=O)=C[C@]2(C[C@@H](O)[C@@]2(O)[C@H]1C[C@H](O)C2(C)C)[C@@H]3O. The Labute approximate surface area is 148 Å². The topological polar surface area (TPSA) is 98.0 Å². The van der Waals surface area contributed by atoms with E-state index >= 15 is 0 Å². The van der Waals surface area contributed by atoms with Gasteiger partial charge >= 0.3 is 0 Å². The molecule has 1 spiro atoms. The number of aliphatic hydroxyl groups excluding tert-OH is 3. The normalized spacial score (nSPS) is 56.6. The van der Waals surface area contributed by atoms with Gasteiger partial charge in [0.25, 0.3) is 0 Å². The molecule has 140 valence electrons. The lowest BCUT2D eigenvalue weighted by molar-refractivity contribution is -0.177. The molecular weight excluding hydrogens is 320 g/mol. The number of fused-ring (bicyclic) bond motifs is 2. The van der Waals surface area contributed by atoms with Gasteiger partial charge in [0.1, 0.15) is 11.9 Å². The van der Waals surface area contributed by atoms with Crippen molar-refractivity contribution in [1.82, 2.24) is 0 Å². The molecule has 0 aromatic carbocycles. The van der Waals surface area contributed by atoms with Crippen LogP contribution in [0.2, 0.25) is 0 Å². The van der Waals surface area contributed by atoms with Crippen molar-refractivity contribution >= 4 is 6.29 Å². The number of carbonyl (C=O) groups is 1. The van der Waals surface area contributed by atoms with E-state index in [1.807, 2.05) is 19.9 Å². The fourth-order valence-electron chi connectivity index (χ4n) is 7.07. The van der Waals surface area contributed by atoms with Crippen LogP contribution in [0.25, 0.3) is 0 Å². The van der Waals surface area contributed by atoms with E-state index in [1.165, 1.54) is 0 Å². The molecule has 3 saturated carbocycles. The van der Waals surface area contributed by atoms with Gasteiger partial charge in [-0.05, 0) is 49.0 Å². The molecule has 0 aromatic rings. The summed E-state index contributed by atoms with van der Waals surface area (Å²) in [5.41, 5.74) is -2.23.